The van der Waals surface area contributed by atoms with Gasteiger partial charge in [0.25, 0.3) is 0 Å². The second kappa shape index (κ2) is 5.18. The van der Waals surface area contributed by atoms with Crippen molar-refractivity contribution >= 4 is 11.3 Å². The fourth-order valence-electron chi connectivity index (χ4n) is 1.36. The third-order valence-electron chi connectivity index (χ3n) is 2.34. The molecule has 0 radical (unpaired) electrons. The molecule has 0 aliphatic carbocycles. The maximum atomic E-state index is 4.47. The number of nitrogens with one attached hydrogen (secondary N) is 1. The predicted octanol–water partition coefficient (Wildman–Crippen LogP) is 1.14. The van der Waals surface area contributed by atoms with Gasteiger partial charge < -0.3 is 5.32 Å². The van der Waals surface area contributed by atoms with Crippen LogP contribution in [0.4, 0.5) is 0 Å². The van der Waals surface area contributed by atoms with Gasteiger partial charge in [0.05, 0.1) is 18.4 Å². The average Bonchev–Trinajstić information content (AvgIpc) is 2.85. The van der Waals surface area contributed by atoms with Crippen LogP contribution in [0.15, 0.2) is 12.4 Å². The van der Waals surface area contributed by atoms with Crippen molar-refractivity contribution in [3.63, 3.8) is 0 Å². The molecular formula is C10H15N5S. The zero-order chi connectivity index (χ0) is 11.4. The maximum Gasteiger partial charge on any atom is 0.107 e. The summed E-state index contributed by atoms with van der Waals surface area (Å²) in [5, 5.41) is 12.1. The Morgan fingerprint density at radius 1 is 1.44 bits per heavy atom. The van der Waals surface area contributed by atoms with Gasteiger partial charge in [0.15, 0.2) is 0 Å². The molecule has 1 N–H and O–H groups in total. The lowest BCUT2D eigenvalue weighted by atomic mass is 10.4. The normalized spacial score (nSPS) is 10.9. The van der Waals surface area contributed by atoms with Crippen LogP contribution in [-0.4, -0.2) is 26.5 Å². The van der Waals surface area contributed by atoms with Crippen molar-refractivity contribution in [3.8, 4) is 0 Å². The molecule has 0 amide bonds. The van der Waals surface area contributed by atoms with E-state index < -0.39 is 0 Å². The highest BCUT2D eigenvalue weighted by molar-refractivity contribution is 7.11. The SMILES string of the molecule is Cc1nc(CNCCn2ccnn2)sc1C. The van der Waals surface area contributed by atoms with E-state index in [1.807, 2.05) is 17.8 Å². The highest BCUT2D eigenvalue weighted by Crippen LogP contribution is 2.15. The van der Waals surface area contributed by atoms with E-state index in [0.29, 0.717) is 0 Å². The zero-order valence-electron chi connectivity index (χ0n) is 9.47. The molecular weight excluding hydrogens is 222 g/mol. The minimum atomic E-state index is 0.827. The van der Waals surface area contributed by atoms with Gasteiger partial charge in [-0.2, -0.15) is 0 Å². The largest absolute Gasteiger partial charge is 0.309 e. The quantitative estimate of drug-likeness (QED) is 0.792. The van der Waals surface area contributed by atoms with E-state index in [-0.39, 0.29) is 0 Å². The predicted molar refractivity (Wildman–Crippen MR) is 63.3 cm³/mol. The molecule has 6 heteroatoms. The number of aromatic nitrogens is 4. The minimum Gasteiger partial charge on any atom is -0.309 e. The molecule has 0 unspecified atom stereocenters. The van der Waals surface area contributed by atoms with Crippen molar-refractivity contribution in [1.29, 1.82) is 0 Å². The molecule has 2 aromatic heterocycles. The molecule has 86 valence electrons. The zero-order valence-corrected chi connectivity index (χ0v) is 10.3. The molecule has 5 nitrogen and oxygen atoms in total. The van der Waals surface area contributed by atoms with Crippen LogP contribution in [0.2, 0.25) is 0 Å². The molecule has 0 fully saturated rings. The third kappa shape index (κ3) is 2.86. The number of rotatable bonds is 5. The second-order valence-corrected chi connectivity index (χ2v) is 4.88. The minimum absolute atomic E-state index is 0.827. The van der Waals surface area contributed by atoms with E-state index in [4.69, 9.17) is 0 Å². The first-order valence-electron chi connectivity index (χ1n) is 5.23. The summed E-state index contributed by atoms with van der Waals surface area (Å²) in [6.07, 6.45) is 3.55. The standard InChI is InChI=1S/C10H15N5S/c1-8-9(2)16-10(13-8)7-11-3-5-15-6-4-12-14-15/h4,6,11H,3,5,7H2,1-2H3. The molecule has 0 atom stereocenters. The van der Waals surface area contributed by atoms with Crippen LogP contribution in [0.1, 0.15) is 15.6 Å². The molecule has 0 bridgehead atoms. The van der Waals surface area contributed by atoms with Crippen molar-refractivity contribution in [3.05, 3.63) is 28.0 Å². The Labute approximate surface area is 98.5 Å². The van der Waals surface area contributed by atoms with Crippen molar-refractivity contribution in [2.45, 2.75) is 26.9 Å². The van der Waals surface area contributed by atoms with Gasteiger partial charge in [-0.05, 0) is 13.8 Å². The molecule has 0 saturated heterocycles. The first-order chi connectivity index (χ1) is 7.75. The number of hydrogen-bond acceptors (Lipinski definition) is 5. The van der Waals surface area contributed by atoms with Crippen molar-refractivity contribution in [2.24, 2.45) is 0 Å². The molecule has 0 aliphatic heterocycles. The molecule has 0 aromatic carbocycles. The lowest BCUT2D eigenvalue weighted by Gasteiger charge is -2.01. The summed E-state index contributed by atoms with van der Waals surface area (Å²) in [5.41, 5.74) is 1.14. The van der Waals surface area contributed by atoms with Crippen molar-refractivity contribution in [2.75, 3.05) is 6.54 Å². The molecule has 2 rings (SSSR count). The summed E-state index contributed by atoms with van der Waals surface area (Å²) in [7, 11) is 0. The topological polar surface area (TPSA) is 55.6 Å². The molecule has 16 heavy (non-hydrogen) atoms. The van der Waals surface area contributed by atoms with Gasteiger partial charge in [-0.3, -0.25) is 4.68 Å². The van der Waals surface area contributed by atoms with Crippen molar-refractivity contribution in [1.82, 2.24) is 25.3 Å². The lowest BCUT2D eigenvalue weighted by Crippen LogP contribution is -2.19. The Balaban J connectivity index is 1.72. The highest BCUT2D eigenvalue weighted by Gasteiger charge is 2.02. The molecule has 2 aromatic rings. The number of nitrogens with zero attached hydrogens (tertiary/aromatic N) is 4. The average molecular weight is 237 g/mol. The van der Waals surface area contributed by atoms with Gasteiger partial charge >= 0.3 is 0 Å². The van der Waals surface area contributed by atoms with Crippen LogP contribution >= 0.6 is 11.3 Å². The van der Waals surface area contributed by atoms with E-state index in [9.17, 15) is 0 Å². The Morgan fingerprint density at radius 3 is 2.94 bits per heavy atom. The van der Waals surface area contributed by atoms with Crippen LogP contribution in [0.3, 0.4) is 0 Å². The van der Waals surface area contributed by atoms with E-state index in [2.05, 4.69) is 27.5 Å². The molecule has 0 spiro atoms. The monoisotopic (exact) mass is 237 g/mol. The van der Waals surface area contributed by atoms with Crippen molar-refractivity contribution < 1.29 is 0 Å². The van der Waals surface area contributed by atoms with E-state index in [0.717, 1.165) is 30.3 Å². The van der Waals surface area contributed by atoms with Gasteiger partial charge in [-0.1, -0.05) is 5.21 Å². The summed E-state index contributed by atoms with van der Waals surface area (Å²) < 4.78 is 1.81. The van der Waals surface area contributed by atoms with Crippen LogP contribution in [0, 0.1) is 13.8 Å². The van der Waals surface area contributed by atoms with Crippen LogP contribution in [-0.2, 0) is 13.1 Å². The molecule has 0 saturated carbocycles. The van der Waals surface area contributed by atoms with Crippen LogP contribution in [0.25, 0.3) is 0 Å². The summed E-state index contributed by atoms with van der Waals surface area (Å²) >= 11 is 1.75. The number of hydrogen-bond donors (Lipinski definition) is 1. The number of aryl methyl sites for hydroxylation is 2. The van der Waals surface area contributed by atoms with E-state index >= 15 is 0 Å². The second-order valence-electron chi connectivity index (χ2n) is 3.59. The molecule has 0 aliphatic rings. The summed E-state index contributed by atoms with van der Waals surface area (Å²) in [5.74, 6) is 0. The Bertz CT molecular complexity index is 415. The smallest absolute Gasteiger partial charge is 0.107 e. The van der Waals surface area contributed by atoms with Gasteiger partial charge in [-0.25, -0.2) is 4.98 Å². The Kier molecular flexibility index (Phi) is 3.63. The first-order valence-corrected chi connectivity index (χ1v) is 6.05. The Hall–Kier alpha value is -1.27. The first kappa shape index (κ1) is 11.2. The molecule has 2 heterocycles. The van der Waals surface area contributed by atoms with Gasteiger partial charge in [0, 0.05) is 24.2 Å². The summed E-state index contributed by atoms with van der Waals surface area (Å²) in [6.45, 7) is 6.69. The van der Waals surface area contributed by atoms with Crippen LogP contribution in [0.5, 0.6) is 0 Å². The third-order valence-corrected chi connectivity index (χ3v) is 3.41. The number of thiazole rings is 1. The summed E-state index contributed by atoms with van der Waals surface area (Å²) in [4.78, 5) is 5.77. The van der Waals surface area contributed by atoms with Crippen LogP contribution < -0.4 is 5.32 Å². The van der Waals surface area contributed by atoms with Gasteiger partial charge in [0.1, 0.15) is 5.01 Å². The summed E-state index contributed by atoms with van der Waals surface area (Å²) in [6, 6.07) is 0. The fourth-order valence-corrected chi connectivity index (χ4v) is 2.26. The van der Waals surface area contributed by atoms with Gasteiger partial charge in [0.2, 0.25) is 0 Å². The van der Waals surface area contributed by atoms with Gasteiger partial charge in [-0.15, -0.1) is 16.4 Å². The maximum absolute atomic E-state index is 4.47. The Morgan fingerprint density at radius 2 is 2.31 bits per heavy atom. The fraction of sp³-hybridized carbons (Fsp3) is 0.500. The van der Waals surface area contributed by atoms with E-state index in [1.54, 1.807) is 17.5 Å². The van der Waals surface area contributed by atoms with E-state index in [1.165, 1.54) is 4.88 Å². The highest BCUT2D eigenvalue weighted by atomic mass is 32.1. The lowest BCUT2D eigenvalue weighted by molar-refractivity contribution is 0.539.